The average molecular weight is 401 g/mol. The van der Waals surface area contributed by atoms with Gasteiger partial charge in [-0.05, 0) is 50.3 Å². The molecule has 0 aliphatic carbocycles. The molecule has 0 bridgehead atoms. The zero-order valence-corrected chi connectivity index (χ0v) is 16.0. The van der Waals surface area contributed by atoms with Crippen LogP contribution in [0.1, 0.15) is 0 Å². The number of hydrogen-bond acceptors (Lipinski definition) is 3. The molecule has 0 N–H and O–H groups in total. The zero-order chi connectivity index (χ0) is 17.6. The minimum Gasteiger partial charge on any atom is -0.425 e. The molecule has 3 aromatic heterocycles. The van der Waals surface area contributed by atoms with E-state index < -0.39 is 13.9 Å². The second-order valence-electron chi connectivity index (χ2n) is 4.00. The third-order valence-electron chi connectivity index (χ3n) is 2.60. The predicted molar refractivity (Wildman–Crippen MR) is 83.7 cm³/mol. The van der Waals surface area contributed by atoms with Gasteiger partial charge in [-0.2, -0.15) is 0 Å². The number of rotatable bonds is 2. The Kier molecular flexibility index (Phi) is 12.9. The van der Waals surface area contributed by atoms with Crippen LogP contribution in [0.15, 0.2) is 67.0 Å². The van der Waals surface area contributed by atoms with Gasteiger partial charge in [0.05, 0.1) is 22.8 Å². The first kappa shape index (κ1) is 22.8. The summed E-state index contributed by atoms with van der Waals surface area (Å²) in [6.07, 6.45) is 3.54. The van der Waals surface area contributed by atoms with E-state index >= 15 is 0 Å². The van der Waals surface area contributed by atoms with Crippen molar-refractivity contribution in [3.05, 3.63) is 80.8 Å². The molecule has 0 atom stereocenters. The SMILES string of the molecule is F[CH-]F.F[CH-]F.[Zn+2].c1ccc(-c2cccc(-c3ccccn3)n2)nc1. The zero-order valence-electron chi connectivity index (χ0n) is 13.1. The molecular weight excluding hydrogens is 388 g/mol. The Morgan fingerprint density at radius 3 is 1.24 bits per heavy atom. The second kappa shape index (κ2) is 14.2. The van der Waals surface area contributed by atoms with Crippen LogP contribution in [0.4, 0.5) is 17.6 Å². The fourth-order valence-electron chi connectivity index (χ4n) is 1.75. The summed E-state index contributed by atoms with van der Waals surface area (Å²) in [5, 5.41) is 0. The number of pyridine rings is 3. The first-order valence-corrected chi connectivity index (χ1v) is 6.61. The third kappa shape index (κ3) is 8.45. The van der Waals surface area contributed by atoms with Gasteiger partial charge in [0.15, 0.2) is 0 Å². The molecule has 0 aliphatic heterocycles. The standard InChI is InChI=1S/C15H11N3.2CHF2.Zn/c1-3-10-16-12(6-1)14-8-5-9-15(18-14)13-7-2-4-11-17-13;2*2-1-3;/h1-11H;2*1H;/q;2*-1;+2. The normalized spacial score (nSPS) is 8.80. The Balaban J connectivity index is 0.000000729. The quantitative estimate of drug-likeness (QED) is 0.333. The number of halogens is 4. The van der Waals surface area contributed by atoms with E-state index in [1.165, 1.54) is 0 Å². The molecule has 8 heteroatoms. The molecule has 0 spiro atoms. The molecule has 0 saturated heterocycles. The molecule has 0 saturated carbocycles. The smallest absolute Gasteiger partial charge is 0.425 e. The van der Waals surface area contributed by atoms with E-state index in [9.17, 15) is 17.6 Å². The largest absolute Gasteiger partial charge is 2.00 e. The summed E-state index contributed by atoms with van der Waals surface area (Å²) in [5.74, 6) is 0. The van der Waals surface area contributed by atoms with E-state index in [2.05, 4.69) is 15.0 Å². The van der Waals surface area contributed by atoms with E-state index in [4.69, 9.17) is 0 Å². The van der Waals surface area contributed by atoms with E-state index in [1.54, 1.807) is 12.4 Å². The van der Waals surface area contributed by atoms with Gasteiger partial charge in [-0.3, -0.25) is 9.97 Å². The fourth-order valence-corrected chi connectivity index (χ4v) is 1.75. The molecule has 0 amide bonds. The van der Waals surface area contributed by atoms with Crippen LogP contribution in [0.3, 0.4) is 0 Å². The van der Waals surface area contributed by atoms with Crippen LogP contribution in [-0.4, -0.2) is 15.0 Å². The Morgan fingerprint density at radius 1 is 0.560 bits per heavy atom. The summed E-state index contributed by atoms with van der Waals surface area (Å²) in [6, 6.07) is 17.5. The summed E-state index contributed by atoms with van der Waals surface area (Å²) >= 11 is 0. The molecular formula is C17H13F4N3Zn. The van der Waals surface area contributed by atoms with Gasteiger partial charge in [0.25, 0.3) is 0 Å². The summed E-state index contributed by atoms with van der Waals surface area (Å²) in [6.45, 7) is -2.00. The Labute approximate surface area is 155 Å². The molecule has 0 radical (unpaired) electrons. The van der Waals surface area contributed by atoms with Crippen molar-refractivity contribution < 1.29 is 37.0 Å². The monoisotopic (exact) mass is 399 g/mol. The van der Waals surface area contributed by atoms with Gasteiger partial charge in [0.2, 0.25) is 0 Å². The fraction of sp³-hybridized carbons (Fsp3) is 0. The van der Waals surface area contributed by atoms with Gasteiger partial charge < -0.3 is 17.6 Å². The van der Waals surface area contributed by atoms with Crippen LogP contribution in [0.5, 0.6) is 0 Å². The molecule has 0 aromatic carbocycles. The summed E-state index contributed by atoms with van der Waals surface area (Å²) in [7, 11) is 0. The molecule has 3 heterocycles. The van der Waals surface area contributed by atoms with Crippen molar-refractivity contribution in [2.45, 2.75) is 0 Å². The third-order valence-corrected chi connectivity index (χ3v) is 2.60. The maximum atomic E-state index is 9.50. The van der Waals surface area contributed by atoms with Gasteiger partial charge in [-0.25, -0.2) is 4.98 Å². The molecule has 3 nitrogen and oxygen atoms in total. The van der Waals surface area contributed by atoms with Gasteiger partial charge in [-0.1, -0.05) is 18.2 Å². The van der Waals surface area contributed by atoms with E-state index in [0.717, 1.165) is 22.8 Å². The van der Waals surface area contributed by atoms with E-state index in [1.807, 2.05) is 54.6 Å². The van der Waals surface area contributed by atoms with Crippen molar-refractivity contribution >= 4 is 0 Å². The molecule has 3 rings (SSSR count). The average Bonchev–Trinajstić information content (AvgIpc) is 2.65. The summed E-state index contributed by atoms with van der Waals surface area (Å²) in [4.78, 5) is 13.2. The second-order valence-corrected chi connectivity index (χ2v) is 4.00. The molecule has 25 heavy (non-hydrogen) atoms. The van der Waals surface area contributed by atoms with Crippen LogP contribution >= 0.6 is 0 Å². The van der Waals surface area contributed by atoms with Gasteiger partial charge >= 0.3 is 19.5 Å². The Bertz CT molecular complexity index is 631. The van der Waals surface area contributed by atoms with E-state index in [-0.39, 0.29) is 19.5 Å². The van der Waals surface area contributed by atoms with Crippen molar-refractivity contribution in [1.82, 2.24) is 15.0 Å². The van der Waals surface area contributed by atoms with Gasteiger partial charge in [0.1, 0.15) is 0 Å². The maximum Gasteiger partial charge on any atom is 2.00 e. The van der Waals surface area contributed by atoms with Crippen molar-refractivity contribution in [3.8, 4) is 22.8 Å². The number of aromatic nitrogens is 3. The molecule has 0 unspecified atom stereocenters. The van der Waals surface area contributed by atoms with Crippen LogP contribution in [0.25, 0.3) is 22.8 Å². The molecule has 0 aliphatic rings. The van der Waals surface area contributed by atoms with Crippen molar-refractivity contribution in [2.75, 3.05) is 0 Å². The van der Waals surface area contributed by atoms with Crippen molar-refractivity contribution in [1.29, 1.82) is 0 Å². The topological polar surface area (TPSA) is 38.7 Å². The Morgan fingerprint density at radius 2 is 0.920 bits per heavy atom. The van der Waals surface area contributed by atoms with Crippen molar-refractivity contribution in [2.24, 2.45) is 0 Å². The molecule has 3 aromatic rings. The molecule has 0 fully saturated rings. The summed E-state index contributed by atoms with van der Waals surface area (Å²) in [5.41, 5.74) is 3.46. The number of nitrogens with zero attached hydrogens (tertiary/aromatic N) is 3. The van der Waals surface area contributed by atoms with E-state index in [0.29, 0.717) is 0 Å². The van der Waals surface area contributed by atoms with Crippen LogP contribution < -0.4 is 0 Å². The maximum absolute atomic E-state index is 9.50. The first-order valence-electron chi connectivity index (χ1n) is 6.61. The first-order chi connectivity index (χ1) is 11.8. The minimum atomic E-state index is -1.00. The molecule has 126 valence electrons. The van der Waals surface area contributed by atoms with Crippen LogP contribution in [0, 0.1) is 13.9 Å². The summed E-state index contributed by atoms with van der Waals surface area (Å²) < 4.78 is 38.0. The van der Waals surface area contributed by atoms with Crippen LogP contribution in [0.2, 0.25) is 0 Å². The number of hydrogen-bond donors (Lipinski definition) is 0. The van der Waals surface area contributed by atoms with Crippen LogP contribution in [-0.2, 0) is 19.5 Å². The van der Waals surface area contributed by atoms with Gasteiger partial charge in [0, 0.05) is 12.4 Å². The predicted octanol–water partition coefficient (Wildman–Crippen LogP) is 5.29. The Hall–Kier alpha value is -2.21. The van der Waals surface area contributed by atoms with Crippen molar-refractivity contribution in [3.63, 3.8) is 0 Å². The van der Waals surface area contributed by atoms with Gasteiger partial charge in [-0.15, -0.1) is 0 Å². The minimum absolute atomic E-state index is 0.